The lowest BCUT2D eigenvalue weighted by Gasteiger charge is -2.39. The second-order valence-electron chi connectivity index (χ2n) is 7.06. The maximum atomic E-state index is 6.26. The fourth-order valence-corrected chi connectivity index (χ4v) is 3.08. The van der Waals surface area contributed by atoms with E-state index in [0.717, 1.165) is 25.8 Å². The first kappa shape index (κ1) is 16.5. The molecule has 2 rings (SSSR count). The maximum absolute atomic E-state index is 6.26. The van der Waals surface area contributed by atoms with Crippen LogP contribution >= 0.6 is 0 Å². The lowest BCUT2D eigenvalue weighted by molar-refractivity contribution is -0.0992. The summed E-state index contributed by atoms with van der Waals surface area (Å²) in [6.07, 6.45) is 4.21. The van der Waals surface area contributed by atoms with Crippen LogP contribution < -0.4 is 5.32 Å². The molecule has 1 saturated heterocycles. The van der Waals surface area contributed by atoms with Crippen LogP contribution in [0.5, 0.6) is 0 Å². The van der Waals surface area contributed by atoms with E-state index in [0.29, 0.717) is 30.1 Å². The van der Waals surface area contributed by atoms with E-state index in [9.17, 15) is 0 Å². The van der Waals surface area contributed by atoms with E-state index in [1.54, 1.807) is 0 Å². The van der Waals surface area contributed by atoms with E-state index in [2.05, 4.69) is 63.3 Å². The third-order valence-corrected chi connectivity index (χ3v) is 4.56. The van der Waals surface area contributed by atoms with Gasteiger partial charge < -0.3 is 10.1 Å². The molecule has 0 saturated carbocycles. The molecule has 1 N–H and O–H groups in total. The Morgan fingerprint density at radius 2 is 1.57 bits per heavy atom. The highest BCUT2D eigenvalue weighted by Gasteiger charge is 2.32. The number of hydrogen-bond acceptors (Lipinski definition) is 2. The van der Waals surface area contributed by atoms with Crippen LogP contribution in [0.3, 0.4) is 0 Å². The zero-order chi connectivity index (χ0) is 15.2. The molecule has 21 heavy (non-hydrogen) atoms. The molecule has 2 heteroatoms. The van der Waals surface area contributed by atoms with Crippen molar-refractivity contribution in [1.82, 2.24) is 5.32 Å². The fourth-order valence-electron chi connectivity index (χ4n) is 3.08. The van der Waals surface area contributed by atoms with Gasteiger partial charge in [0.15, 0.2) is 0 Å². The number of rotatable bonds is 6. The van der Waals surface area contributed by atoms with Gasteiger partial charge in [0.2, 0.25) is 0 Å². The van der Waals surface area contributed by atoms with Crippen LogP contribution in [0.4, 0.5) is 0 Å². The van der Waals surface area contributed by atoms with Gasteiger partial charge >= 0.3 is 0 Å². The highest BCUT2D eigenvalue weighted by molar-refractivity contribution is 5.14. The van der Waals surface area contributed by atoms with Crippen LogP contribution in [0.2, 0.25) is 0 Å². The minimum absolute atomic E-state index is 0.403. The van der Waals surface area contributed by atoms with Crippen molar-refractivity contribution in [2.75, 3.05) is 6.54 Å². The molecule has 2 nitrogen and oxygen atoms in total. The summed E-state index contributed by atoms with van der Waals surface area (Å²) in [5, 5.41) is 3.76. The highest BCUT2D eigenvalue weighted by Crippen LogP contribution is 2.28. The molecule has 0 amide bonds. The summed E-state index contributed by atoms with van der Waals surface area (Å²) in [6, 6.07) is 11.3. The normalized spacial score (nSPS) is 26.5. The molecule has 1 aromatic rings. The molecular weight excluding hydrogens is 258 g/mol. The van der Waals surface area contributed by atoms with Gasteiger partial charge in [-0.25, -0.2) is 0 Å². The molecule has 2 atom stereocenters. The minimum atomic E-state index is 0.403. The average Bonchev–Trinajstić information content (AvgIpc) is 2.48. The van der Waals surface area contributed by atoms with Gasteiger partial charge in [0.25, 0.3) is 0 Å². The zero-order valence-corrected chi connectivity index (χ0v) is 14.0. The largest absolute Gasteiger partial charge is 0.374 e. The van der Waals surface area contributed by atoms with E-state index in [1.165, 1.54) is 5.56 Å². The van der Waals surface area contributed by atoms with Crippen molar-refractivity contribution in [2.45, 2.75) is 65.2 Å². The van der Waals surface area contributed by atoms with Gasteiger partial charge in [-0.05, 0) is 43.2 Å². The molecule has 0 bridgehead atoms. The van der Waals surface area contributed by atoms with Crippen molar-refractivity contribution in [3.8, 4) is 0 Å². The third-order valence-electron chi connectivity index (χ3n) is 4.56. The predicted molar refractivity (Wildman–Crippen MR) is 89.5 cm³/mol. The smallest absolute Gasteiger partial charge is 0.0616 e. The van der Waals surface area contributed by atoms with Crippen molar-refractivity contribution in [3.63, 3.8) is 0 Å². The molecule has 0 radical (unpaired) electrons. The molecule has 0 spiro atoms. The SMILES string of the molecule is CC(C)C1CC(NCCc2ccccc2)CC(C(C)C)O1. The Morgan fingerprint density at radius 3 is 2.10 bits per heavy atom. The monoisotopic (exact) mass is 289 g/mol. The average molecular weight is 289 g/mol. The first-order valence-electron chi connectivity index (χ1n) is 8.49. The Morgan fingerprint density at radius 1 is 1.00 bits per heavy atom. The summed E-state index contributed by atoms with van der Waals surface area (Å²) < 4.78 is 6.26. The molecule has 0 aliphatic carbocycles. The maximum Gasteiger partial charge on any atom is 0.0616 e. The third kappa shape index (κ3) is 5.12. The van der Waals surface area contributed by atoms with E-state index in [1.807, 2.05) is 0 Å². The van der Waals surface area contributed by atoms with Crippen LogP contribution in [-0.4, -0.2) is 24.8 Å². The minimum Gasteiger partial charge on any atom is -0.374 e. The van der Waals surface area contributed by atoms with Gasteiger partial charge in [-0.15, -0.1) is 0 Å². The van der Waals surface area contributed by atoms with Crippen LogP contribution in [0.25, 0.3) is 0 Å². The predicted octanol–water partition coefficient (Wildman–Crippen LogP) is 4.05. The second kappa shape index (κ2) is 7.95. The molecule has 1 aliphatic rings. The van der Waals surface area contributed by atoms with Gasteiger partial charge in [-0.2, -0.15) is 0 Å². The highest BCUT2D eigenvalue weighted by atomic mass is 16.5. The van der Waals surface area contributed by atoms with Gasteiger partial charge in [-0.3, -0.25) is 0 Å². The van der Waals surface area contributed by atoms with Crippen molar-refractivity contribution in [2.24, 2.45) is 11.8 Å². The van der Waals surface area contributed by atoms with Crippen LogP contribution in [0.1, 0.15) is 46.1 Å². The zero-order valence-electron chi connectivity index (χ0n) is 14.0. The first-order valence-corrected chi connectivity index (χ1v) is 8.49. The molecular formula is C19H31NO. The van der Waals surface area contributed by atoms with Crippen LogP contribution in [0, 0.1) is 11.8 Å². The van der Waals surface area contributed by atoms with E-state index < -0.39 is 0 Å². The molecule has 1 aromatic carbocycles. The summed E-state index contributed by atoms with van der Waals surface area (Å²) in [4.78, 5) is 0. The van der Waals surface area contributed by atoms with Gasteiger partial charge in [-0.1, -0.05) is 58.0 Å². The van der Waals surface area contributed by atoms with Crippen LogP contribution in [0.15, 0.2) is 30.3 Å². The number of benzene rings is 1. The number of hydrogen-bond donors (Lipinski definition) is 1. The molecule has 1 heterocycles. The molecule has 118 valence electrons. The molecule has 0 aromatic heterocycles. The summed E-state index contributed by atoms with van der Waals surface area (Å²) >= 11 is 0. The fraction of sp³-hybridized carbons (Fsp3) is 0.684. The van der Waals surface area contributed by atoms with Crippen molar-refractivity contribution >= 4 is 0 Å². The lowest BCUT2D eigenvalue weighted by Crippen LogP contribution is -2.46. The van der Waals surface area contributed by atoms with Gasteiger partial charge in [0.05, 0.1) is 12.2 Å². The Balaban J connectivity index is 1.83. The number of nitrogens with one attached hydrogen (secondary N) is 1. The van der Waals surface area contributed by atoms with E-state index in [-0.39, 0.29) is 0 Å². The quantitative estimate of drug-likeness (QED) is 0.853. The van der Waals surface area contributed by atoms with Crippen molar-refractivity contribution in [1.29, 1.82) is 0 Å². The molecule has 2 unspecified atom stereocenters. The lowest BCUT2D eigenvalue weighted by atomic mass is 9.88. The summed E-state index contributed by atoms with van der Waals surface area (Å²) in [5.74, 6) is 1.20. The van der Waals surface area contributed by atoms with Crippen LogP contribution in [-0.2, 0) is 11.2 Å². The topological polar surface area (TPSA) is 21.3 Å². The second-order valence-corrected chi connectivity index (χ2v) is 7.06. The summed E-state index contributed by atoms with van der Waals surface area (Å²) in [5.41, 5.74) is 1.41. The Hall–Kier alpha value is -0.860. The Labute approximate surface area is 130 Å². The number of ether oxygens (including phenoxy) is 1. The molecule has 1 fully saturated rings. The van der Waals surface area contributed by atoms with E-state index in [4.69, 9.17) is 4.74 Å². The Kier molecular flexibility index (Phi) is 6.25. The standard InChI is InChI=1S/C19H31NO/c1-14(2)18-12-17(13-19(21-18)15(3)4)20-11-10-16-8-6-5-7-9-16/h5-9,14-15,17-20H,10-13H2,1-4H3. The Bertz CT molecular complexity index is 385. The van der Waals surface area contributed by atoms with Gasteiger partial charge in [0, 0.05) is 6.04 Å². The van der Waals surface area contributed by atoms with E-state index >= 15 is 0 Å². The molecule has 1 aliphatic heterocycles. The summed E-state index contributed by atoms with van der Waals surface area (Å²) in [6.45, 7) is 10.1. The first-order chi connectivity index (χ1) is 10.1. The van der Waals surface area contributed by atoms with Crippen molar-refractivity contribution in [3.05, 3.63) is 35.9 Å². The van der Waals surface area contributed by atoms with Crippen molar-refractivity contribution < 1.29 is 4.74 Å². The summed E-state index contributed by atoms with van der Waals surface area (Å²) in [7, 11) is 0. The van der Waals surface area contributed by atoms with Gasteiger partial charge in [0.1, 0.15) is 0 Å².